The second-order valence-electron chi connectivity index (χ2n) is 4.62. The number of nitrogens with two attached hydrogens (primary N) is 1. The second kappa shape index (κ2) is 7.92. The standard InChI is InChI=1S/C15H25N3O/c1-4-18(8-9-19-5-2)11-14-7-6-13(15(16)17)10-12(14)3/h6-7,10H,4-5,8-9,11H2,1-3H3,(H3,16,17). The number of ether oxygens (including phenoxy) is 1. The van der Waals surface area contributed by atoms with Crippen LogP contribution in [0.2, 0.25) is 0 Å². The summed E-state index contributed by atoms with van der Waals surface area (Å²) in [5.74, 6) is 0.123. The highest BCUT2D eigenvalue weighted by Gasteiger charge is 2.07. The Hall–Kier alpha value is -1.39. The van der Waals surface area contributed by atoms with Crippen molar-refractivity contribution in [2.75, 3.05) is 26.3 Å². The van der Waals surface area contributed by atoms with E-state index in [1.54, 1.807) is 0 Å². The molecule has 4 heteroatoms. The molecular weight excluding hydrogens is 238 g/mol. The van der Waals surface area contributed by atoms with E-state index in [9.17, 15) is 0 Å². The van der Waals surface area contributed by atoms with E-state index < -0.39 is 0 Å². The molecule has 0 bridgehead atoms. The predicted octanol–water partition coefficient (Wildman–Crippen LogP) is 2.14. The van der Waals surface area contributed by atoms with E-state index in [1.807, 2.05) is 19.1 Å². The molecule has 0 saturated heterocycles. The topological polar surface area (TPSA) is 62.3 Å². The maximum atomic E-state index is 7.44. The summed E-state index contributed by atoms with van der Waals surface area (Å²) in [6.07, 6.45) is 0. The molecule has 0 saturated carbocycles. The number of rotatable bonds is 8. The zero-order valence-corrected chi connectivity index (χ0v) is 12.2. The summed E-state index contributed by atoms with van der Waals surface area (Å²) in [6.45, 7) is 10.6. The van der Waals surface area contributed by atoms with Crippen LogP contribution >= 0.6 is 0 Å². The van der Waals surface area contributed by atoms with E-state index in [2.05, 4.69) is 24.8 Å². The van der Waals surface area contributed by atoms with Gasteiger partial charge in [-0.1, -0.05) is 19.1 Å². The zero-order valence-electron chi connectivity index (χ0n) is 12.2. The lowest BCUT2D eigenvalue weighted by Gasteiger charge is -2.21. The maximum Gasteiger partial charge on any atom is 0.122 e. The highest BCUT2D eigenvalue weighted by Crippen LogP contribution is 2.13. The van der Waals surface area contributed by atoms with Gasteiger partial charge in [-0.25, -0.2) is 0 Å². The molecule has 0 spiro atoms. The molecule has 1 rings (SSSR count). The molecule has 1 aromatic carbocycles. The molecule has 0 aliphatic carbocycles. The monoisotopic (exact) mass is 263 g/mol. The molecule has 0 aliphatic rings. The number of hydrogen-bond donors (Lipinski definition) is 2. The molecule has 0 atom stereocenters. The van der Waals surface area contributed by atoms with E-state index >= 15 is 0 Å². The van der Waals surface area contributed by atoms with Crippen LogP contribution in [0.25, 0.3) is 0 Å². The highest BCUT2D eigenvalue weighted by molar-refractivity contribution is 5.95. The third-order valence-corrected chi connectivity index (χ3v) is 3.25. The van der Waals surface area contributed by atoms with Crippen LogP contribution in [0, 0.1) is 12.3 Å². The Bertz CT molecular complexity index is 418. The summed E-state index contributed by atoms with van der Waals surface area (Å²) in [5.41, 5.74) is 8.75. The Morgan fingerprint density at radius 3 is 2.63 bits per heavy atom. The fourth-order valence-corrected chi connectivity index (χ4v) is 1.97. The van der Waals surface area contributed by atoms with E-state index in [0.717, 1.165) is 38.4 Å². The molecule has 0 heterocycles. The van der Waals surface area contributed by atoms with Crippen LogP contribution in [0.3, 0.4) is 0 Å². The summed E-state index contributed by atoms with van der Waals surface area (Å²) >= 11 is 0. The SMILES string of the molecule is CCOCCN(CC)Cc1ccc(C(=N)N)cc1C. The first-order valence-electron chi connectivity index (χ1n) is 6.82. The van der Waals surface area contributed by atoms with Crippen molar-refractivity contribution in [3.63, 3.8) is 0 Å². The van der Waals surface area contributed by atoms with Gasteiger partial charge >= 0.3 is 0 Å². The molecule has 0 radical (unpaired) electrons. The third-order valence-electron chi connectivity index (χ3n) is 3.25. The first-order valence-corrected chi connectivity index (χ1v) is 6.82. The van der Waals surface area contributed by atoms with Gasteiger partial charge in [-0.3, -0.25) is 10.3 Å². The Morgan fingerprint density at radius 2 is 2.11 bits per heavy atom. The summed E-state index contributed by atoms with van der Waals surface area (Å²) < 4.78 is 5.40. The van der Waals surface area contributed by atoms with Crippen LogP contribution in [-0.4, -0.2) is 37.0 Å². The van der Waals surface area contributed by atoms with Crippen molar-refractivity contribution in [3.05, 3.63) is 34.9 Å². The minimum absolute atomic E-state index is 0.123. The van der Waals surface area contributed by atoms with Gasteiger partial charge in [0, 0.05) is 25.3 Å². The minimum atomic E-state index is 0.123. The number of benzene rings is 1. The van der Waals surface area contributed by atoms with Gasteiger partial charge in [-0.15, -0.1) is 0 Å². The van der Waals surface area contributed by atoms with E-state index in [4.69, 9.17) is 15.9 Å². The van der Waals surface area contributed by atoms with Crippen LogP contribution in [0.15, 0.2) is 18.2 Å². The Morgan fingerprint density at radius 1 is 1.37 bits per heavy atom. The molecule has 0 unspecified atom stereocenters. The van der Waals surface area contributed by atoms with Crippen molar-refractivity contribution >= 4 is 5.84 Å². The molecule has 106 valence electrons. The van der Waals surface area contributed by atoms with Gasteiger partial charge in [0.25, 0.3) is 0 Å². The van der Waals surface area contributed by atoms with Gasteiger partial charge < -0.3 is 10.5 Å². The largest absolute Gasteiger partial charge is 0.384 e. The zero-order chi connectivity index (χ0) is 14.3. The van der Waals surface area contributed by atoms with Crippen molar-refractivity contribution in [3.8, 4) is 0 Å². The molecule has 0 aliphatic heterocycles. The van der Waals surface area contributed by atoms with Crippen molar-refractivity contribution in [1.82, 2.24) is 4.90 Å². The van der Waals surface area contributed by atoms with Crippen molar-refractivity contribution in [2.24, 2.45) is 5.73 Å². The number of aryl methyl sites for hydroxylation is 1. The Kier molecular flexibility index (Phi) is 6.53. The first kappa shape index (κ1) is 15.7. The van der Waals surface area contributed by atoms with Crippen molar-refractivity contribution in [1.29, 1.82) is 5.41 Å². The number of nitrogen functional groups attached to an aromatic ring is 1. The fraction of sp³-hybridized carbons (Fsp3) is 0.533. The fourth-order valence-electron chi connectivity index (χ4n) is 1.97. The Labute approximate surface area is 116 Å². The van der Waals surface area contributed by atoms with E-state index in [0.29, 0.717) is 0 Å². The molecular formula is C15H25N3O. The van der Waals surface area contributed by atoms with Gasteiger partial charge in [0.15, 0.2) is 0 Å². The second-order valence-corrected chi connectivity index (χ2v) is 4.62. The normalized spacial score (nSPS) is 10.9. The lowest BCUT2D eigenvalue weighted by Crippen LogP contribution is -2.27. The van der Waals surface area contributed by atoms with Crippen molar-refractivity contribution < 1.29 is 4.74 Å². The van der Waals surface area contributed by atoms with Gasteiger partial charge in [-0.2, -0.15) is 0 Å². The smallest absolute Gasteiger partial charge is 0.122 e. The average Bonchev–Trinajstić information content (AvgIpc) is 2.39. The van der Waals surface area contributed by atoms with Gasteiger partial charge in [0.1, 0.15) is 5.84 Å². The third kappa shape index (κ3) is 5.01. The average molecular weight is 263 g/mol. The van der Waals surface area contributed by atoms with Crippen LogP contribution in [0.4, 0.5) is 0 Å². The maximum absolute atomic E-state index is 7.44. The summed E-state index contributed by atoms with van der Waals surface area (Å²) in [7, 11) is 0. The number of nitrogens with zero attached hydrogens (tertiary/aromatic N) is 1. The van der Waals surface area contributed by atoms with Gasteiger partial charge in [-0.05, 0) is 37.6 Å². The van der Waals surface area contributed by atoms with Crippen LogP contribution in [0.5, 0.6) is 0 Å². The van der Waals surface area contributed by atoms with Crippen LogP contribution < -0.4 is 5.73 Å². The molecule has 1 aromatic rings. The van der Waals surface area contributed by atoms with Crippen LogP contribution in [-0.2, 0) is 11.3 Å². The van der Waals surface area contributed by atoms with Crippen molar-refractivity contribution in [2.45, 2.75) is 27.3 Å². The van der Waals surface area contributed by atoms with Gasteiger partial charge in [0.2, 0.25) is 0 Å². The summed E-state index contributed by atoms with van der Waals surface area (Å²) in [5, 5.41) is 7.44. The number of likely N-dealkylation sites (N-methyl/N-ethyl adjacent to an activating group) is 1. The molecule has 3 N–H and O–H groups in total. The molecule has 0 aromatic heterocycles. The molecule has 0 amide bonds. The highest BCUT2D eigenvalue weighted by atomic mass is 16.5. The summed E-state index contributed by atoms with van der Waals surface area (Å²) in [6, 6.07) is 5.96. The molecule has 0 fully saturated rings. The number of nitrogens with one attached hydrogen (secondary N) is 1. The molecule has 4 nitrogen and oxygen atoms in total. The lowest BCUT2D eigenvalue weighted by molar-refractivity contribution is 0.113. The van der Waals surface area contributed by atoms with E-state index in [1.165, 1.54) is 11.1 Å². The minimum Gasteiger partial charge on any atom is -0.384 e. The van der Waals surface area contributed by atoms with E-state index in [-0.39, 0.29) is 5.84 Å². The number of hydrogen-bond acceptors (Lipinski definition) is 3. The quantitative estimate of drug-likeness (QED) is 0.429. The predicted molar refractivity (Wildman–Crippen MR) is 79.6 cm³/mol. The van der Waals surface area contributed by atoms with Crippen LogP contribution in [0.1, 0.15) is 30.5 Å². The van der Waals surface area contributed by atoms with Gasteiger partial charge in [0.05, 0.1) is 6.61 Å². The summed E-state index contributed by atoms with van der Waals surface area (Å²) in [4.78, 5) is 2.35. The first-order chi connectivity index (χ1) is 9.08. The number of amidine groups is 1. The Balaban J connectivity index is 2.66. The lowest BCUT2D eigenvalue weighted by atomic mass is 10.0. The molecule has 19 heavy (non-hydrogen) atoms.